The molecule has 0 aromatic carbocycles. The van der Waals surface area contributed by atoms with Gasteiger partial charge in [0.2, 0.25) is 5.91 Å². The predicted molar refractivity (Wildman–Crippen MR) is 114 cm³/mol. The lowest BCUT2D eigenvalue weighted by molar-refractivity contribution is -0.143. The molecule has 5 heteroatoms. The first-order valence-corrected chi connectivity index (χ1v) is 11.5. The third kappa shape index (κ3) is 3.48. The molecule has 3 heterocycles. The van der Waals surface area contributed by atoms with E-state index in [1.165, 1.54) is 24.1 Å². The van der Waals surface area contributed by atoms with Gasteiger partial charge in [-0.05, 0) is 57.8 Å². The number of nitrogens with one attached hydrogen (secondary N) is 1. The molecule has 0 radical (unpaired) electrons. The van der Waals surface area contributed by atoms with Gasteiger partial charge in [0.25, 0.3) is 0 Å². The van der Waals surface area contributed by atoms with E-state index in [1.54, 1.807) is 5.57 Å². The Labute approximate surface area is 174 Å². The van der Waals surface area contributed by atoms with Gasteiger partial charge in [-0.1, -0.05) is 23.8 Å². The largest absolute Gasteiger partial charge is 0.348 e. The van der Waals surface area contributed by atoms with Crippen LogP contribution in [0, 0.1) is 11.8 Å². The van der Waals surface area contributed by atoms with Gasteiger partial charge in [-0.2, -0.15) is 0 Å². The quantitative estimate of drug-likeness (QED) is 0.791. The molecule has 2 fully saturated rings. The molecule has 0 bridgehead atoms. The summed E-state index contributed by atoms with van der Waals surface area (Å²) in [7, 11) is 0. The molecule has 0 unspecified atom stereocenters. The third-order valence-corrected chi connectivity index (χ3v) is 7.77. The van der Waals surface area contributed by atoms with Crippen LogP contribution in [0.3, 0.4) is 0 Å². The zero-order valence-electron chi connectivity index (χ0n) is 17.8. The maximum Gasteiger partial charge on any atom is 0.226 e. The summed E-state index contributed by atoms with van der Waals surface area (Å²) in [6.07, 6.45) is 13.0. The second-order valence-electron chi connectivity index (χ2n) is 9.73. The van der Waals surface area contributed by atoms with Crippen LogP contribution in [0.2, 0.25) is 0 Å². The lowest BCUT2D eigenvalue weighted by Crippen LogP contribution is -2.58. The Kier molecular flexibility index (Phi) is 4.89. The summed E-state index contributed by atoms with van der Waals surface area (Å²) in [5.74, 6) is 1.33. The van der Waals surface area contributed by atoms with Crippen LogP contribution >= 0.6 is 0 Å². The number of piperidine rings is 1. The number of allylic oxidation sites excluding steroid dienone is 2. The molecule has 1 spiro atoms. The number of amides is 1. The van der Waals surface area contributed by atoms with Crippen molar-refractivity contribution in [3.8, 4) is 0 Å². The minimum absolute atomic E-state index is 0.185. The van der Waals surface area contributed by atoms with Gasteiger partial charge in [-0.15, -0.1) is 0 Å². The fourth-order valence-electron chi connectivity index (χ4n) is 5.70. The molecule has 1 aromatic rings. The van der Waals surface area contributed by atoms with E-state index in [0.29, 0.717) is 11.8 Å². The monoisotopic (exact) mass is 394 g/mol. The Morgan fingerprint density at radius 1 is 1.21 bits per heavy atom. The number of hydrogen-bond acceptors (Lipinski definition) is 3. The first-order chi connectivity index (χ1) is 14.1. The van der Waals surface area contributed by atoms with Gasteiger partial charge in [0.05, 0.1) is 17.6 Å². The van der Waals surface area contributed by atoms with Gasteiger partial charge in [0.15, 0.2) is 0 Å². The number of likely N-dealkylation sites (tertiary alicyclic amines) is 1. The fourth-order valence-corrected chi connectivity index (χ4v) is 5.70. The van der Waals surface area contributed by atoms with E-state index in [4.69, 9.17) is 4.98 Å². The fraction of sp³-hybridized carbons (Fsp3) is 0.667. The Morgan fingerprint density at radius 2 is 2.00 bits per heavy atom. The molecule has 1 aromatic heterocycles. The lowest BCUT2D eigenvalue weighted by atomic mass is 9.78. The highest BCUT2D eigenvalue weighted by molar-refractivity contribution is 5.82. The number of carbonyl (C=O) groups is 1. The van der Waals surface area contributed by atoms with Crippen molar-refractivity contribution in [3.05, 3.63) is 41.5 Å². The first-order valence-electron chi connectivity index (χ1n) is 11.5. The normalized spacial score (nSPS) is 26.9. The highest BCUT2D eigenvalue weighted by Crippen LogP contribution is 2.45. The van der Waals surface area contributed by atoms with E-state index in [2.05, 4.69) is 34.4 Å². The van der Waals surface area contributed by atoms with Gasteiger partial charge in [-0.25, -0.2) is 4.98 Å². The maximum absolute atomic E-state index is 13.1. The van der Waals surface area contributed by atoms with E-state index in [9.17, 15) is 4.79 Å². The molecule has 2 aliphatic carbocycles. The van der Waals surface area contributed by atoms with Crippen molar-refractivity contribution in [3.63, 3.8) is 0 Å². The molecule has 5 rings (SSSR count). The predicted octanol–water partition coefficient (Wildman–Crippen LogP) is 3.80. The van der Waals surface area contributed by atoms with Crippen LogP contribution in [0.15, 0.2) is 30.1 Å². The zero-order valence-corrected chi connectivity index (χ0v) is 17.8. The van der Waals surface area contributed by atoms with Gasteiger partial charge < -0.3 is 9.88 Å². The topological polar surface area (TPSA) is 52.2 Å². The van der Waals surface area contributed by atoms with Crippen LogP contribution < -0.4 is 0 Å². The average molecular weight is 395 g/mol. The van der Waals surface area contributed by atoms with Crippen molar-refractivity contribution in [2.24, 2.45) is 11.8 Å². The molecule has 1 saturated carbocycles. The van der Waals surface area contributed by atoms with Gasteiger partial charge in [0.1, 0.15) is 0 Å². The van der Waals surface area contributed by atoms with E-state index in [0.717, 1.165) is 70.4 Å². The highest BCUT2D eigenvalue weighted by atomic mass is 16.2. The molecule has 156 valence electrons. The van der Waals surface area contributed by atoms with E-state index in [-0.39, 0.29) is 11.5 Å². The van der Waals surface area contributed by atoms with Gasteiger partial charge >= 0.3 is 0 Å². The Hall–Kier alpha value is -1.88. The van der Waals surface area contributed by atoms with Crippen LogP contribution in [-0.4, -0.2) is 51.9 Å². The van der Waals surface area contributed by atoms with Crippen molar-refractivity contribution in [1.82, 2.24) is 19.8 Å². The van der Waals surface area contributed by atoms with Crippen molar-refractivity contribution in [2.45, 2.75) is 63.8 Å². The Bertz CT molecular complexity index is 826. The van der Waals surface area contributed by atoms with Crippen LogP contribution in [0.25, 0.3) is 0 Å². The van der Waals surface area contributed by atoms with E-state index < -0.39 is 0 Å². The van der Waals surface area contributed by atoms with Crippen molar-refractivity contribution in [2.75, 3.05) is 26.2 Å². The molecule has 1 saturated heterocycles. The second-order valence-corrected chi connectivity index (χ2v) is 9.73. The number of imidazole rings is 1. The summed E-state index contributed by atoms with van der Waals surface area (Å²) in [4.78, 5) is 26.0. The third-order valence-electron chi connectivity index (χ3n) is 7.77. The van der Waals surface area contributed by atoms with Crippen LogP contribution in [0.5, 0.6) is 0 Å². The molecule has 5 nitrogen and oxygen atoms in total. The molecular weight excluding hydrogens is 360 g/mol. The second kappa shape index (κ2) is 7.42. The summed E-state index contributed by atoms with van der Waals surface area (Å²) >= 11 is 0. The Balaban J connectivity index is 1.29. The number of carbonyl (C=O) groups excluding carboxylic acids is 1. The molecular formula is C24H34N4O. The summed E-state index contributed by atoms with van der Waals surface area (Å²) in [5, 5.41) is 0. The van der Waals surface area contributed by atoms with Crippen molar-refractivity contribution in [1.29, 1.82) is 0 Å². The molecule has 29 heavy (non-hydrogen) atoms. The van der Waals surface area contributed by atoms with Crippen molar-refractivity contribution < 1.29 is 4.79 Å². The smallest absolute Gasteiger partial charge is 0.226 e. The van der Waals surface area contributed by atoms with Gasteiger partial charge in [0, 0.05) is 44.2 Å². The molecule has 1 atom stereocenters. The summed E-state index contributed by atoms with van der Waals surface area (Å²) < 4.78 is 0. The minimum Gasteiger partial charge on any atom is -0.348 e. The number of H-pyrrole nitrogens is 1. The number of nitrogens with zero attached hydrogens (tertiary/aromatic N) is 3. The maximum atomic E-state index is 13.1. The van der Waals surface area contributed by atoms with E-state index >= 15 is 0 Å². The highest BCUT2D eigenvalue weighted by Gasteiger charge is 2.50. The minimum atomic E-state index is -0.185. The van der Waals surface area contributed by atoms with Gasteiger partial charge in [-0.3, -0.25) is 9.69 Å². The average Bonchev–Trinajstić information content (AvgIpc) is 3.47. The van der Waals surface area contributed by atoms with Crippen molar-refractivity contribution >= 4 is 5.91 Å². The van der Waals surface area contributed by atoms with Crippen LogP contribution in [0.1, 0.15) is 63.3 Å². The number of rotatable bonds is 4. The number of fused-ring (bicyclic) bond motifs is 2. The number of aromatic nitrogens is 2. The molecule has 4 aliphatic rings. The number of aromatic amines is 1. The summed E-state index contributed by atoms with van der Waals surface area (Å²) in [6.45, 7) is 10.3. The zero-order chi connectivity index (χ0) is 20.0. The van der Waals surface area contributed by atoms with Crippen LogP contribution in [0.4, 0.5) is 0 Å². The molecule has 1 N–H and O–H groups in total. The lowest BCUT2D eigenvalue weighted by Gasteiger charge is -2.50. The molecule has 1 amide bonds. The SMILES string of the molecule is C=C(C)[C@@H]1CC=C(CN2CCC3(CC2)c2nc[nH]c2CCN3C(=O)C2CC2)CC1. The summed E-state index contributed by atoms with van der Waals surface area (Å²) in [5.41, 5.74) is 5.13. The molecule has 2 aliphatic heterocycles. The first kappa shape index (κ1) is 19.1. The standard InChI is InChI=1S/C24H34N4O/c1-17(2)19-5-3-18(4-6-19)15-27-13-10-24(11-14-27)22-21(25-16-26-22)9-12-28(24)23(29)20-7-8-20/h3,16,19-20H,1,4-15H2,2H3,(H,25,26)/t19-/m1/s1. The number of hydrogen-bond donors (Lipinski definition) is 1. The van der Waals surface area contributed by atoms with Crippen LogP contribution in [-0.2, 0) is 16.8 Å². The van der Waals surface area contributed by atoms with E-state index in [1.807, 2.05) is 6.33 Å². The Morgan fingerprint density at radius 3 is 2.66 bits per heavy atom. The summed E-state index contributed by atoms with van der Waals surface area (Å²) in [6, 6.07) is 0.